The van der Waals surface area contributed by atoms with Crippen LogP contribution in [0.15, 0.2) is 0 Å². The molecule has 5 N–H and O–H groups in total. The first kappa shape index (κ1) is 54.0. The predicted octanol–water partition coefficient (Wildman–Crippen LogP) is 1.20. The monoisotopic (exact) mass is 924 g/mol. The van der Waals surface area contributed by atoms with Gasteiger partial charge in [-0.3, -0.25) is 19.2 Å². The fraction of sp³-hybridized carbons (Fsp3) is 0.907. The summed E-state index contributed by atoms with van der Waals surface area (Å²) in [7, 11) is 0. The molecule has 20 unspecified atom stereocenters. The molecule has 0 saturated carbocycles. The van der Waals surface area contributed by atoms with Gasteiger partial charge < -0.3 is 82.4 Å². The minimum absolute atomic E-state index is 0.0256. The van der Waals surface area contributed by atoms with E-state index < -0.39 is 141 Å². The summed E-state index contributed by atoms with van der Waals surface area (Å²) in [5.41, 5.74) is 0. The third-order valence-electron chi connectivity index (χ3n) is 11.8. The van der Waals surface area contributed by atoms with Crippen molar-refractivity contribution >= 4 is 24.4 Å². The Labute approximate surface area is 374 Å². The Morgan fingerprint density at radius 1 is 0.453 bits per heavy atom. The zero-order chi connectivity index (χ0) is 47.2. The van der Waals surface area contributed by atoms with Gasteiger partial charge in [0.15, 0.2) is 49.6 Å². The molecule has 0 aromatic rings. The first-order valence-electron chi connectivity index (χ1n) is 22.6. The third-order valence-corrected chi connectivity index (χ3v) is 11.8. The van der Waals surface area contributed by atoms with Gasteiger partial charge in [-0.05, 0) is 34.1 Å². The molecule has 0 bridgehead atoms. The highest BCUT2D eigenvalue weighted by Crippen LogP contribution is 2.37. The van der Waals surface area contributed by atoms with Crippen molar-refractivity contribution in [2.45, 2.75) is 242 Å². The van der Waals surface area contributed by atoms with Crippen molar-refractivity contribution in [3.05, 3.63) is 0 Å². The van der Waals surface area contributed by atoms with Crippen LogP contribution in [0, 0.1) is 0 Å². The maximum absolute atomic E-state index is 12.4. The van der Waals surface area contributed by atoms with Crippen molar-refractivity contribution in [3.8, 4) is 0 Å². The van der Waals surface area contributed by atoms with E-state index in [0.717, 1.165) is 46.5 Å². The number of ether oxygens (including phenoxy) is 12. The van der Waals surface area contributed by atoms with Crippen molar-refractivity contribution in [1.82, 2.24) is 0 Å². The second-order valence-electron chi connectivity index (χ2n) is 17.1. The Kier molecular flexibility index (Phi) is 22.0. The highest BCUT2D eigenvalue weighted by Gasteiger charge is 2.57. The van der Waals surface area contributed by atoms with E-state index in [1.54, 1.807) is 6.92 Å². The van der Waals surface area contributed by atoms with Gasteiger partial charge in [-0.1, -0.05) is 64.7 Å². The Balaban J connectivity index is 1.47. The molecule has 4 heterocycles. The van der Waals surface area contributed by atoms with Crippen LogP contribution in [-0.2, 0) is 76.0 Å². The first-order valence-corrected chi connectivity index (χ1v) is 22.6. The quantitative estimate of drug-likeness (QED) is 0.0417. The SMILES string of the molecule is CCCCCCCCCCCCOC1OC(C)C(OC2OC(C)C(OC(C)=O)C(OC3OC(C)C(OC(C)=O)C(OC4OC(C)C(OC(C)=O)C(O)C4O)C3OC=O)C2O)C(O)C1O. The number of aliphatic hydroxyl groups is 5. The fourth-order valence-electron chi connectivity index (χ4n) is 8.47. The molecule has 0 aliphatic carbocycles. The normalized spacial score (nSPS) is 40.3. The molecular weight excluding hydrogens is 852 g/mol. The zero-order valence-corrected chi connectivity index (χ0v) is 38.2. The molecule has 4 rings (SSSR count). The predicted molar refractivity (Wildman–Crippen MR) is 217 cm³/mol. The van der Waals surface area contributed by atoms with Crippen LogP contribution < -0.4 is 0 Å². The maximum atomic E-state index is 12.4. The summed E-state index contributed by atoms with van der Waals surface area (Å²) in [6, 6.07) is 0. The average Bonchev–Trinajstić information content (AvgIpc) is 3.23. The average molecular weight is 925 g/mol. The summed E-state index contributed by atoms with van der Waals surface area (Å²) < 4.78 is 69.6. The van der Waals surface area contributed by atoms with Crippen molar-refractivity contribution < 1.29 is 102 Å². The topological polar surface area (TPSA) is 280 Å². The lowest BCUT2D eigenvalue weighted by Crippen LogP contribution is -2.67. The van der Waals surface area contributed by atoms with Gasteiger partial charge in [-0.15, -0.1) is 0 Å². The third kappa shape index (κ3) is 14.7. The number of hydrogen-bond donors (Lipinski definition) is 5. The number of unbranched alkanes of at least 4 members (excludes halogenated alkanes) is 9. The van der Waals surface area contributed by atoms with E-state index in [9.17, 15) is 44.7 Å². The molecular formula is C43H72O21. The molecule has 0 aromatic carbocycles. The summed E-state index contributed by atoms with van der Waals surface area (Å²) in [6.07, 6.45) is -17.4. The molecule has 370 valence electrons. The Bertz CT molecular complexity index is 1440. The second kappa shape index (κ2) is 26.0. The van der Waals surface area contributed by atoms with Gasteiger partial charge in [0.05, 0.1) is 24.4 Å². The molecule has 4 aliphatic rings. The van der Waals surface area contributed by atoms with Crippen LogP contribution in [0.5, 0.6) is 0 Å². The van der Waals surface area contributed by atoms with Gasteiger partial charge in [0.2, 0.25) is 0 Å². The zero-order valence-electron chi connectivity index (χ0n) is 38.2. The standard InChI is InChI=1S/C43H72O21/c1-9-10-11-12-13-14-15-16-17-18-19-53-40-30(50)28(48)34(22(3)55-40)62-42-32(52)37(35(23(4)57-42)60-26(7)46)63-43-39(54-20-44)38(36(24(5)58-43)61-27(8)47)64-41-31(51)29(49)33(21(2)56-41)59-25(6)45/h20-24,28-43,48-52H,9-19H2,1-8H3. The lowest BCUT2D eigenvalue weighted by Gasteiger charge is -2.50. The van der Waals surface area contributed by atoms with Crippen LogP contribution in [0.4, 0.5) is 0 Å². The molecule has 0 radical (unpaired) electrons. The largest absolute Gasteiger partial charge is 0.457 e. The highest BCUT2D eigenvalue weighted by molar-refractivity contribution is 5.67. The minimum atomic E-state index is -1.84. The van der Waals surface area contributed by atoms with Gasteiger partial charge in [-0.25, -0.2) is 0 Å². The van der Waals surface area contributed by atoms with Crippen LogP contribution in [0.3, 0.4) is 0 Å². The number of rotatable bonds is 23. The molecule has 0 spiro atoms. The molecule has 4 fully saturated rings. The van der Waals surface area contributed by atoms with E-state index in [4.69, 9.17) is 56.8 Å². The van der Waals surface area contributed by atoms with Gasteiger partial charge in [0.25, 0.3) is 6.47 Å². The Hall–Kier alpha value is -2.64. The lowest BCUT2D eigenvalue weighted by atomic mass is 9.95. The minimum Gasteiger partial charge on any atom is -0.457 e. The number of hydrogen-bond acceptors (Lipinski definition) is 21. The van der Waals surface area contributed by atoms with Crippen LogP contribution >= 0.6 is 0 Å². The summed E-state index contributed by atoms with van der Waals surface area (Å²) in [4.78, 5) is 48.4. The van der Waals surface area contributed by atoms with Gasteiger partial charge in [-0.2, -0.15) is 0 Å². The summed E-state index contributed by atoms with van der Waals surface area (Å²) in [6.45, 7) is 11.9. The molecule has 64 heavy (non-hydrogen) atoms. The van der Waals surface area contributed by atoms with Gasteiger partial charge in [0, 0.05) is 27.4 Å². The Morgan fingerprint density at radius 2 is 0.844 bits per heavy atom. The van der Waals surface area contributed by atoms with Crippen LogP contribution in [0.1, 0.15) is 120 Å². The van der Waals surface area contributed by atoms with E-state index in [2.05, 4.69) is 6.92 Å². The molecule has 0 amide bonds. The van der Waals surface area contributed by atoms with E-state index in [1.165, 1.54) is 59.3 Å². The Morgan fingerprint density at radius 3 is 1.39 bits per heavy atom. The maximum Gasteiger partial charge on any atom is 0.303 e. The van der Waals surface area contributed by atoms with Crippen LogP contribution in [0.2, 0.25) is 0 Å². The summed E-state index contributed by atoms with van der Waals surface area (Å²) >= 11 is 0. The molecule has 21 nitrogen and oxygen atoms in total. The number of carbonyl (C=O) groups is 4. The second-order valence-corrected chi connectivity index (χ2v) is 17.1. The molecule has 4 aliphatic heterocycles. The number of esters is 3. The van der Waals surface area contributed by atoms with Crippen molar-refractivity contribution in [2.75, 3.05) is 6.61 Å². The number of carbonyl (C=O) groups excluding carboxylic acids is 4. The number of aliphatic hydroxyl groups excluding tert-OH is 5. The lowest BCUT2D eigenvalue weighted by molar-refractivity contribution is -0.384. The van der Waals surface area contributed by atoms with Crippen LogP contribution in [0.25, 0.3) is 0 Å². The fourth-order valence-corrected chi connectivity index (χ4v) is 8.47. The summed E-state index contributed by atoms with van der Waals surface area (Å²) in [5, 5.41) is 56.0. The molecule has 0 aromatic heterocycles. The van der Waals surface area contributed by atoms with Gasteiger partial charge >= 0.3 is 17.9 Å². The van der Waals surface area contributed by atoms with E-state index in [1.807, 2.05) is 0 Å². The van der Waals surface area contributed by atoms with E-state index >= 15 is 0 Å². The smallest absolute Gasteiger partial charge is 0.303 e. The van der Waals surface area contributed by atoms with E-state index in [-0.39, 0.29) is 6.47 Å². The highest BCUT2D eigenvalue weighted by atomic mass is 16.8. The van der Waals surface area contributed by atoms with Crippen molar-refractivity contribution in [2.24, 2.45) is 0 Å². The van der Waals surface area contributed by atoms with Gasteiger partial charge in [0.1, 0.15) is 48.8 Å². The van der Waals surface area contributed by atoms with Crippen LogP contribution in [-0.4, -0.2) is 179 Å². The molecule has 21 heteroatoms. The van der Waals surface area contributed by atoms with Crippen molar-refractivity contribution in [3.63, 3.8) is 0 Å². The summed E-state index contributed by atoms with van der Waals surface area (Å²) in [5.74, 6) is -2.32. The van der Waals surface area contributed by atoms with Crippen molar-refractivity contribution in [1.29, 1.82) is 0 Å². The van der Waals surface area contributed by atoms with E-state index in [0.29, 0.717) is 6.61 Å². The first-order chi connectivity index (χ1) is 30.4. The molecule has 20 atom stereocenters. The molecule has 4 saturated heterocycles.